The van der Waals surface area contributed by atoms with Crippen LogP contribution in [-0.4, -0.2) is 24.6 Å². The predicted molar refractivity (Wildman–Crippen MR) is 129 cm³/mol. The number of methoxy groups -OCH3 is 1. The van der Waals surface area contributed by atoms with Crippen molar-refractivity contribution in [1.29, 1.82) is 0 Å². The first-order chi connectivity index (χ1) is 14.4. The number of ether oxygens (including phenoxy) is 1. The van der Waals surface area contributed by atoms with Crippen molar-refractivity contribution >= 4 is 23.8 Å². The Morgan fingerprint density at radius 1 is 1.33 bits per heavy atom. The zero-order chi connectivity index (χ0) is 22.1. The SMILES string of the molecule is C=CCC(/C=C(\C)Cl)CNCc1cc(-c2ccc(OC)cc2)n(C(C)C)c1/N=C\N. The number of benzene rings is 1. The van der Waals surface area contributed by atoms with Crippen molar-refractivity contribution in [2.75, 3.05) is 13.7 Å². The number of aromatic nitrogens is 1. The van der Waals surface area contributed by atoms with Gasteiger partial charge in [0.1, 0.15) is 11.6 Å². The lowest BCUT2D eigenvalue weighted by Crippen LogP contribution is -2.21. The molecule has 1 aromatic carbocycles. The van der Waals surface area contributed by atoms with E-state index in [9.17, 15) is 0 Å². The average Bonchev–Trinajstić information content (AvgIpc) is 3.06. The molecule has 0 radical (unpaired) electrons. The van der Waals surface area contributed by atoms with Gasteiger partial charge in [-0.2, -0.15) is 0 Å². The largest absolute Gasteiger partial charge is 0.497 e. The summed E-state index contributed by atoms with van der Waals surface area (Å²) in [5.41, 5.74) is 8.98. The molecule has 3 N–H and O–H groups in total. The van der Waals surface area contributed by atoms with E-state index in [2.05, 4.69) is 59.6 Å². The molecule has 0 spiro atoms. The molecule has 30 heavy (non-hydrogen) atoms. The van der Waals surface area contributed by atoms with Crippen LogP contribution in [0.2, 0.25) is 0 Å². The lowest BCUT2D eigenvalue weighted by molar-refractivity contribution is 0.415. The van der Waals surface area contributed by atoms with Crippen LogP contribution >= 0.6 is 11.6 Å². The Morgan fingerprint density at radius 3 is 2.57 bits per heavy atom. The summed E-state index contributed by atoms with van der Waals surface area (Å²) in [4.78, 5) is 4.49. The highest BCUT2D eigenvalue weighted by Gasteiger charge is 2.18. The molecule has 0 aliphatic rings. The lowest BCUT2D eigenvalue weighted by atomic mass is 10.0. The highest BCUT2D eigenvalue weighted by atomic mass is 35.5. The number of hydrogen-bond acceptors (Lipinski definition) is 3. The fourth-order valence-corrected chi connectivity index (χ4v) is 3.74. The summed E-state index contributed by atoms with van der Waals surface area (Å²) in [6.45, 7) is 11.5. The summed E-state index contributed by atoms with van der Waals surface area (Å²) < 4.78 is 7.51. The fraction of sp³-hybridized carbons (Fsp3) is 0.375. The fourth-order valence-electron chi connectivity index (χ4n) is 3.56. The normalized spacial score (nSPS) is 13.2. The Balaban J connectivity index is 2.34. The average molecular weight is 429 g/mol. The quantitative estimate of drug-likeness (QED) is 0.270. The molecule has 1 aromatic heterocycles. The Morgan fingerprint density at radius 2 is 2.03 bits per heavy atom. The van der Waals surface area contributed by atoms with Gasteiger partial charge in [0.05, 0.1) is 19.1 Å². The second kappa shape index (κ2) is 11.6. The molecule has 0 aliphatic carbocycles. The van der Waals surface area contributed by atoms with Gasteiger partial charge in [-0.1, -0.05) is 23.8 Å². The van der Waals surface area contributed by atoms with E-state index in [-0.39, 0.29) is 6.04 Å². The third-order valence-electron chi connectivity index (χ3n) is 4.84. The van der Waals surface area contributed by atoms with E-state index in [1.165, 1.54) is 6.34 Å². The van der Waals surface area contributed by atoms with Crippen LogP contribution in [0.1, 0.15) is 38.8 Å². The zero-order valence-electron chi connectivity index (χ0n) is 18.4. The van der Waals surface area contributed by atoms with Crippen molar-refractivity contribution in [3.63, 3.8) is 0 Å². The van der Waals surface area contributed by atoms with E-state index in [1.807, 2.05) is 25.1 Å². The van der Waals surface area contributed by atoms with Crippen LogP contribution in [0.3, 0.4) is 0 Å². The molecule has 1 unspecified atom stereocenters. The molecule has 1 atom stereocenters. The number of hydrogen-bond donors (Lipinski definition) is 2. The molecule has 1 heterocycles. The smallest absolute Gasteiger partial charge is 0.139 e. The van der Waals surface area contributed by atoms with Gasteiger partial charge in [0.15, 0.2) is 0 Å². The van der Waals surface area contributed by atoms with E-state index in [4.69, 9.17) is 22.1 Å². The van der Waals surface area contributed by atoms with Crippen molar-refractivity contribution in [1.82, 2.24) is 9.88 Å². The van der Waals surface area contributed by atoms with Crippen LogP contribution in [0, 0.1) is 5.92 Å². The van der Waals surface area contributed by atoms with Gasteiger partial charge in [-0.25, -0.2) is 4.99 Å². The van der Waals surface area contributed by atoms with Gasteiger partial charge >= 0.3 is 0 Å². The molecule has 0 fully saturated rings. The third-order valence-corrected chi connectivity index (χ3v) is 4.97. The number of nitrogens with one attached hydrogen (secondary N) is 1. The Hall–Kier alpha value is -2.50. The summed E-state index contributed by atoms with van der Waals surface area (Å²) in [7, 11) is 1.67. The van der Waals surface area contributed by atoms with Gasteiger partial charge in [-0.3, -0.25) is 0 Å². The van der Waals surface area contributed by atoms with E-state index in [1.54, 1.807) is 7.11 Å². The first-order valence-electron chi connectivity index (χ1n) is 10.2. The number of nitrogens with two attached hydrogens (primary N) is 1. The van der Waals surface area contributed by atoms with Gasteiger partial charge < -0.3 is 20.4 Å². The summed E-state index contributed by atoms with van der Waals surface area (Å²) in [5, 5.41) is 4.34. The van der Waals surface area contributed by atoms with Crippen LogP contribution in [-0.2, 0) is 6.54 Å². The van der Waals surface area contributed by atoms with E-state index in [0.717, 1.165) is 46.4 Å². The molecule has 5 nitrogen and oxygen atoms in total. The number of allylic oxidation sites excluding steroid dienone is 2. The molecule has 0 saturated carbocycles. The minimum Gasteiger partial charge on any atom is -0.497 e. The van der Waals surface area contributed by atoms with Crippen molar-refractivity contribution in [3.8, 4) is 17.0 Å². The number of nitrogens with zero attached hydrogens (tertiary/aromatic N) is 2. The Bertz CT molecular complexity index is 877. The van der Waals surface area contributed by atoms with E-state index >= 15 is 0 Å². The first kappa shape index (κ1) is 23.8. The van der Waals surface area contributed by atoms with Gasteiger partial charge in [0, 0.05) is 29.7 Å². The summed E-state index contributed by atoms with van der Waals surface area (Å²) in [5.74, 6) is 2.00. The molecular weight excluding hydrogens is 396 g/mol. The minimum atomic E-state index is 0.227. The van der Waals surface area contributed by atoms with E-state index in [0.29, 0.717) is 12.5 Å². The summed E-state index contributed by atoms with van der Waals surface area (Å²) >= 11 is 6.07. The summed E-state index contributed by atoms with van der Waals surface area (Å²) in [6, 6.07) is 10.5. The van der Waals surface area contributed by atoms with Crippen molar-refractivity contribution < 1.29 is 4.74 Å². The third kappa shape index (κ3) is 6.25. The summed E-state index contributed by atoms with van der Waals surface area (Å²) in [6.07, 6.45) is 6.21. The second-order valence-electron chi connectivity index (χ2n) is 7.52. The van der Waals surface area contributed by atoms with Gasteiger partial charge in [0.25, 0.3) is 0 Å². The van der Waals surface area contributed by atoms with Crippen LogP contribution in [0.5, 0.6) is 5.75 Å². The molecule has 2 aromatic rings. The maximum Gasteiger partial charge on any atom is 0.139 e. The molecule has 0 bridgehead atoms. The van der Waals surface area contributed by atoms with Crippen LogP contribution in [0.15, 0.2) is 59.1 Å². The predicted octanol–water partition coefficient (Wildman–Crippen LogP) is 5.79. The lowest BCUT2D eigenvalue weighted by Gasteiger charge is -2.16. The molecule has 162 valence electrons. The Kier molecular flexibility index (Phi) is 9.21. The monoisotopic (exact) mass is 428 g/mol. The maximum atomic E-state index is 6.07. The minimum absolute atomic E-state index is 0.227. The number of aliphatic imine (C=N–C) groups is 1. The highest BCUT2D eigenvalue weighted by Crippen LogP contribution is 2.35. The van der Waals surface area contributed by atoms with Crippen molar-refractivity contribution in [2.45, 2.75) is 39.8 Å². The van der Waals surface area contributed by atoms with Crippen molar-refractivity contribution in [3.05, 3.63) is 59.7 Å². The van der Waals surface area contributed by atoms with E-state index < -0.39 is 0 Å². The molecule has 0 saturated heterocycles. The molecule has 0 amide bonds. The molecule has 2 rings (SSSR count). The van der Waals surface area contributed by atoms with Crippen LogP contribution < -0.4 is 15.8 Å². The zero-order valence-corrected chi connectivity index (χ0v) is 19.1. The van der Waals surface area contributed by atoms with Crippen LogP contribution in [0.25, 0.3) is 11.3 Å². The first-order valence-corrected chi connectivity index (χ1v) is 10.6. The molecular formula is C24H33ClN4O. The molecule has 0 aliphatic heterocycles. The molecule has 6 heteroatoms. The van der Waals surface area contributed by atoms with Crippen LogP contribution in [0.4, 0.5) is 5.82 Å². The van der Waals surface area contributed by atoms with Crippen molar-refractivity contribution in [2.24, 2.45) is 16.6 Å². The topological polar surface area (TPSA) is 64.6 Å². The second-order valence-corrected chi connectivity index (χ2v) is 8.11. The standard InChI is InChI=1S/C24H33ClN4O/c1-6-7-19(12-18(4)25)14-27-15-21-13-23(20-8-10-22(30-5)11-9-20)29(17(2)3)24(21)28-16-26/h6,8-13,16-17,19,27H,1,7,14-15H2,2-5H3,(H2,26,28)/b18-12+. The highest BCUT2D eigenvalue weighted by molar-refractivity contribution is 6.29. The number of halogens is 1. The Labute approximate surface area is 185 Å². The van der Waals surface area contributed by atoms with Gasteiger partial charge in [-0.05, 0) is 69.0 Å². The number of rotatable bonds is 11. The maximum absolute atomic E-state index is 6.07. The van der Waals surface area contributed by atoms with Gasteiger partial charge in [0.2, 0.25) is 0 Å². The van der Waals surface area contributed by atoms with Gasteiger partial charge in [-0.15, -0.1) is 6.58 Å².